The average molecular weight is 355 g/mol. The standard InChI is InChI=1S/C15H22N4O4S/c1-3-23-15(22)19-7-5-18(6-8-19)10(2)13(21)17-14-11(12(16)20)4-9-24-14/h4,9-10H,3,5-8H2,1-2H3,(H2,16,20)(H,17,21)/p+1/t10-/m0/s1. The number of quaternary nitrogens is 1. The SMILES string of the molecule is CCOC(=O)N1CC[NH+]([C@@H](C)C(=O)Nc2sccc2C(N)=O)CC1. The van der Waals surface area contributed by atoms with Gasteiger partial charge in [-0.25, -0.2) is 4.79 Å². The van der Waals surface area contributed by atoms with Crippen molar-refractivity contribution in [1.29, 1.82) is 0 Å². The van der Waals surface area contributed by atoms with Gasteiger partial charge in [-0.15, -0.1) is 11.3 Å². The molecule has 1 atom stereocenters. The number of hydrogen-bond donors (Lipinski definition) is 3. The van der Waals surface area contributed by atoms with Crippen LogP contribution in [0.1, 0.15) is 24.2 Å². The number of carbonyl (C=O) groups excluding carboxylic acids is 3. The molecule has 9 heteroatoms. The number of rotatable bonds is 5. The molecule has 0 saturated carbocycles. The summed E-state index contributed by atoms with van der Waals surface area (Å²) in [5, 5.41) is 4.97. The van der Waals surface area contributed by atoms with Crippen LogP contribution >= 0.6 is 11.3 Å². The maximum absolute atomic E-state index is 12.4. The Morgan fingerprint density at radius 2 is 2.08 bits per heavy atom. The molecule has 132 valence electrons. The molecule has 24 heavy (non-hydrogen) atoms. The summed E-state index contributed by atoms with van der Waals surface area (Å²) in [6.07, 6.45) is -0.307. The number of nitrogens with two attached hydrogens (primary N) is 1. The number of nitrogens with zero attached hydrogens (tertiary/aromatic N) is 1. The quantitative estimate of drug-likeness (QED) is 0.664. The molecule has 2 rings (SSSR count). The van der Waals surface area contributed by atoms with Crippen LogP contribution in [-0.4, -0.2) is 61.6 Å². The highest BCUT2D eigenvalue weighted by Crippen LogP contribution is 2.22. The van der Waals surface area contributed by atoms with E-state index in [-0.39, 0.29) is 18.0 Å². The van der Waals surface area contributed by atoms with Crippen molar-refractivity contribution in [3.8, 4) is 0 Å². The molecule has 3 amide bonds. The molecule has 2 heterocycles. The smallest absolute Gasteiger partial charge is 0.410 e. The number of primary amides is 1. The molecule has 0 bridgehead atoms. The summed E-state index contributed by atoms with van der Waals surface area (Å²) in [4.78, 5) is 38.2. The van der Waals surface area contributed by atoms with E-state index in [4.69, 9.17) is 10.5 Å². The lowest BCUT2D eigenvalue weighted by atomic mass is 10.2. The second kappa shape index (κ2) is 8.11. The van der Waals surface area contributed by atoms with Crippen molar-refractivity contribution in [2.75, 3.05) is 38.1 Å². The van der Waals surface area contributed by atoms with Gasteiger partial charge in [0.15, 0.2) is 6.04 Å². The molecule has 8 nitrogen and oxygen atoms in total. The molecule has 1 aliphatic heterocycles. The summed E-state index contributed by atoms with van der Waals surface area (Å²) in [5.41, 5.74) is 5.61. The number of ether oxygens (including phenoxy) is 1. The molecule has 4 N–H and O–H groups in total. The van der Waals surface area contributed by atoms with Gasteiger partial charge in [0.25, 0.3) is 11.8 Å². The van der Waals surface area contributed by atoms with Crippen LogP contribution in [0.15, 0.2) is 11.4 Å². The van der Waals surface area contributed by atoms with E-state index in [0.29, 0.717) is 43.4 Å². The Bertz CT molecular complexity index is 610. The van der Waals surface area contributed by atoms with Gasteiger partial charge in [0.2, 0.25) is 0 Å². The molecule has 1 aromatic heterocycles. The van der Waals surface area contributed by atoms with Crippen LogP contribution < -0.4 is 16.0 Å². The Labute approximate surface area is 144 Å². The molecule has 0 spiro atoms. The molecule has 0 aliphatic carbocycles. The third-order valence-electron chi connectivity index (χ3n) is 4.10. The van der Waals surface area contributed by atoms with E-state index < -0.39 is 5.91 Å². The first-order valence-corrected chi connectivity index (χ1v) is 8.76. The van der Waals surface area contributed by atoms with Gasteiger partial charge in [0.1, 0.15) is 5.00 Å². The van der Waals surface area contributed by atoms with Gasteiger partial charge in [-0.05, 0) is 25.3 Å². The summed E-state index contributed by atoms with van der Waals surface area (Å²) in [5.74, 6) is -0.728. The summed E-state index contributed by atoms with van der Waals surface area (Å²) in [6.45, 7) is 6.41. The number of hydrogen-bond acceptors (Lipinski definition) is 5. The Balaban J connectivity index is 1.89. The zero-order chi connectivity index (χ0) is 17.7. The minimum Gasteiger partial charge on any atom is -0.450 e. The Morgan fingerprint density at radius 3 is 2.67 bits per heavy atom. The van der Waals surface area contributed by atoms with E-state index >= 15 is 0 Å². The van der Waals surface area contributed by atoms with E-state index in [9.17, 15) is 14.4 Å². The highest BCUT2D eigenvalue weighted by atomic mass is 32.1. The van der Waals surface area contributed by atoms with E-state index in [2.05, 4.69) is 5.32 Å². The first kappa shape index (κ1) is 18.2. The number of thiophene rings is 1. The van der Waals surface area contributed by atoms with Crippen LogP contribution in [0.5, 0.6) is 0 Å². The highest BCUT2D eigenvalue weighted by Gasteiger charge is 2.31. The Kier molecular flexibility index (Phi) is 6.16. The Hall–Kier alpha value is -2.13. The first-order valence-electron chi connectivity index (χ1n) is 7.88. The molecule has 0 radical (unpaired) electrons. The van der Waals surface area contributed by atoms with Crippen LogP contribution in [0.25, 0.3) is 0 Å². The number of nitrogens with one attached hydrogen (secondary N) is 2. The minimum absolute atomic E-state index is 0.167. The van der Waals surface area contributed by atoms with Crippen molar-refractivity contribution in [2.24, 2.45) is 5.73 Å². The zero-order valence-electron chi connectivity index (χ0n) is 13.8. The van der Waals surface area contributed by atoms with Crippen LogP contribution in [0.4, 0.5) is 9.80 Å². The molecular weight excluding hydrogens is 332 g/mol. The van der Waals surface area contributed by atoms with Crippen molar-refractivity contribution < 1.29 is 24.0 Å². The lowest BCUT2D eigenvalue weighted by molar-refractivity contribution is -0.917. The van der Waals surface area contributed by atoms with Crippen LogP contribution in [-0.2, 0) is 9.53 Å². The maximum atomic E-state index is 12.4. The summed E-state index contributed by atoms with van der Waals surface area (Å²) in [7, 11) is 0. The van der Waals surface area contributed by atoms with Crippen molar-refractivity contribution in [1.82, 2.24) is 4.90 Å². The van der Waals surface area contributed by atoms with Crippen molar-refractivity contribution >= 4 is 34.2 Å². The fourth-order valence-electron chi connectivity index (χ4n) is 2.63. The predicted octanol–water partition coefficient (Wildman–Crippen LogP) is -0.469. The summed E-state index contributed by atoms with van der Waals surface area (Å²) in [6, 6.07) is 1.30. The second-order valence-corrected chi connectivity index (χ2v) is 6.50. The predicted molar refractivity (Wildman–Crippen MR) is 90.2 cm³/mol. The zero-order valence-corrected chi connectivity index (χ0v) is 14.6. The number of amides is 3. The van der Waals surface area contributed by atoms with Crippen LogP contribution in [0.2, 0.25) is 0 Å². The van der Waals surface area contributed by atoms with Crippen molar-refractivity contribution in [3.05, 3.63) is 17.0 Å². The lowest BCUT2D eigenvalue weighted by Gasteiger charge is -2.34. The van der Waals surface area contributed by atoms with Gasteiger partial charge in [-0.3, -0.25) is 14.5 Å². The minimum atomic E-state index is -0.561. The molecule has 1 fully saturated rings. The van der Waals surface area contributed by atoms with Crippen LogP contribution in [0.3, 0.4) is 0 Å². The largest absolute Gasteiger partial charge is 0.450 e. The average Bonchev–Trinajstić information content (AvgIpc) is 3.03. The Morgan fingerprint density at radius 1 is 1.42 bits per heavy atom. The number of piperazine rings is 1. The van der Waals surface area contributed by atoms with E-state index in [0.717, 1.165) is 4.90 Å². The van der Waals surface area contributed by atoms with Gasteiger partial charge in [-0.2, -0.15) is 0 Å². The second-order valence-electron chi connectivity index (χ2n) is 5.58. The monoisotopic (exact) mass is 355 g/mol. The fraction of sp³-hybridized carbons (Fsp3) is 0.533. The van der Waals surface area contributed by atoms with Gasteiger partial charge >= 0.3 is 6.09 Å². The van der Waals surface area contributed by atoms with Gasteiger partial charge in [-0.1, -0.05) is 0 Å². The van der Waals surface area contributed by atoms with E-state index in [1.165, 1.54) is 11.3 Å². The molecular formula is C15H23N4O4S+. The molecule has 0 aromatic carbocycles. The topological polar surface area (TPSA) is 106 Å². The third kappa shape index (κ3) is 4.24. The first-order chi connectivity index (χ1) is 11.4. The van der Waals surface area contributed by atoms with E-state index in [1.54, 1.807) is 23.3 Å². The van der Waals surface area contributed by atoms with E-state index in [1.807, 2.05) is 6.92 Å². The van der Waals surface area contributed by atoms with Gasteiger partial charge < -0.3 is 20.7 Å². The van der Waals surface area contributed by atoms with Crippen molar-refractivity contribution in [3.63, 3.8) is 0 Å². The third-order valence-corrected chi connectivity index (χ3v) is 4.93. The summed E-state index contributed by atoms with van der Waals surface area (Å²) >= 11 is 1.27. The number of carbonyl (C=O) groups is 3. The molecule has 0 unspecified atom stereocenters. The molecule has 1 aromatic rings. The normalized spacial score (nSPS) is 16.5. The number of anilines is 1. The fourth-order valence-corrected chi connectivity index (χ4v) is 3.43. The van der Waals surface area contributed by atoms with Crippen LogP contribution in [0, 0.1) is 0 Å². The summed E-state index contributed by atoms with van der Waals surface area (Å²) < 4.78 is 4.99. The van der Waals surface area contributed by atoms with Gasteiger partial charge in [0.05, 0.1) is 38.3 Å². The van der Waals surface area contributed by atoms with Gasteiger partial charge in [0, 0.05) is 0 Å². The molecule has 1 saturated heterocycles. The highest BCUT2D eigenvalue weighted by molar-refractivity contribution is 7.14. The van der Waals surface area contributed by atoms with Crippen molar-refractivity contribution in [2.45, 2.75) is 19.9 Å². The maximum Gasteiger partial charge on any atom is 0.410 e. The lowest BCUT2D eigenvalue weighted by Crippen LogP contribution is -3.19. The molecule has 1 aliphatic rings.